The van der Waals surface area contributed by atoms with E-state index in [-0.39, 0.29) is 23.4 Å². The molecule has 0 radical (unpaired) electrons. The Bertz CT molecular complexity index is 701. The number of carbonyl (C=O) groups is 2. The van der Waals surface area contributed by atoms with Crippen LogP contribution in [0.1, 0.15) is 26.3 Å². The molecule has 1 amide bonds. The smallest absolute Gasteiger partial charge is 0.338 e. The van der Waals surface area contributed by atoms with Crippen molar-refractivity contribution in [3.8, 4) is 0 Å². The quantitative estimate of drug-likeness (QED) is 0.663. The number of hydrogen-bond acceptors (Lipinski definition) is 4. The van der Waals surface area contributed by atoms with Crippen LogP contribution < -0.4 is 11.5 Å². The lowest BCUT2D eigenvalue weighted by Crippen LogP contribution is -2.15. The number of ether oxygens (including phenoxy) is 1. The first kappa shape index (κ1) is 14.5. The summed E-state index contributed by atoms with van der Waals surface area (Å²) >= 11 is 0. The Labute approximate surface area is 120 Å². The average Bonchev–Trinajstić information content (AvgIpc) is 2.47. The molecule has 0 spiro atoms. The molecule has 21 heavy (non-hydrogen) atoms. The number of benzene rings is 2. The van der Waals surface area contributed by atoms with Crippen molar-refractivity contribution in [3.05, 3.63) is 65.0 Å². The zero-order valence-corrected chi connectivity index (χ0v) is 11.0. The van der Waals surface area contributed by atoms with Gasteiger partial charge < -0.3 is 16.2 Å². The Kier molecular flexibility index (Phi) is 4.18. The van der Waals surface area contributed by atoms with Crippen LogP contribution in [0.25, 0.3) is 0 Å². The van der Waals surface area contributed by atoms with E-state index in [1.54, 1.807) is 24.3 Å². The van der Waals surface area contributed by atoms with Crippen molar-refractivity contribution in [3.63, 3.8) is 0 Å². The van der Waals surface area contributed by atoms with E-state index < -0.39 is 17.7 Å². The van der Waals surface area contributed by atoms with Crippen LogP contribution in [0.2, 0.25) is 0 Å². The van der Waals surface area contributed by atoms with Crippen LogP contribution >= 0.6 is 0 Å². The molecular formula is C15H13FN2O3. The maximum absolute atomic E-state index is 13.0. The van der Waals surface area contributed by atoms with Crippen LogP contribution in [0.5, 0.6) is 0 Å². The predicted octanol–water partition coefficient (Wildman–Crippen LogP) is 1.86. The number of nitrogens with two attached hydrogens (primary N) is 2. The third kappa shape index (κ3) is 3.36. The highest BCUT2D eigenvalue weighted by molar-refractivity contribution is 5.94. The first-order valence-corrected chi connectivity index (χ1v) is 6.09. The van der Waals surface area contributed by atoms with Crippen molar-refractivity contribution in [2.75, 3.05) is 5.73 Å². The zero-order chi connectivity index (χ0) is 15.4. The monoisotopic (exact) mass is 288 g/mol. The normalized spacial score (nSPS) is 10.1. The van der Waals surface area contributed by atoms with Crippen molar-refractivity contribution in [1.82, 2.24) is 0 Å². The number of primary amides is 1. The van der Waals surface area contributed by atoms with Crippen LogP contribution in [0.3, 0.4) is 0 Å². The van der Waals surface area contributed by atoms with Crippen LogP contribution in [0.15, 0.2) is 42.5 Å². The maximum Gasteiger partial charge on any atom is 0.338 e. The lowest BCUT2D eigenvalue weighted by molar-refractivity contribution is 0.0470. The number of rotatable bonds is 4. The molecule has 0 aliphatic rings. The Morgan fingerprint density at radius 1 is 1.14 bits per heavy atom. The standard InChI is InChI=1S/C15H13FN2O3/c16-12-6-5-9(7-13(12)17)15(20)21-8-10-3-1-2-4-11(10)14(18)19/h1-7H,8,17H2,(H2,18,19). The Morgan fingerprint density at radius 3 is 2.52 bits per heavy atom. The van der Waals surface area contributed by atoms with E-state index in [4.69, 9.17) is 16.2 Å². The summed E-state index contributed by atoms with van der Waals surface area (Å²) in [6.07, 6.45) is 0. The molecule has 0 aliphatic heterocycles. The molecule has 0 atom stereocenters. The van der Waals surface area contributed by atoms with Gasteiger partial charge in [-0.2, -0.15) is 0 Å². The summed E-state index contributed by atoms with van der Waals surface area (Å²) in [4.78, 5) is 23.1. The fourth-order valence-corrected chi connectivity index (χ4v) is 1.78. The molecule has 108 valence electrons. The van der Waals surface area contributed by atoms with Gasteiger partial charge >= 0.3 is 5.97 Å². The van der Waals surface area contributed by atoms with Gasteiger partial charge in [0, 0.05) is 11.1 Å². The van der Waals surface area contributed by atoms with E-state index in [1.807, 2.05) is 0 Å². The number of amides is 1. The largest absolute Gasteiger partial charge is 0.457 e. The van der Waals surface area contributed by atoms with Gasteiger partial charge in [-0.25, -0.2) is 9.18 Å². The molecule has 2 aromatic carbocycles. The predicted molar refractivity (Wildman–Crippen MR) is 74.9 cm³/mol. The Hall–Kier alpha value is -2.89. The Balaban J connectivity index is 2.11. The molecule has 0 heterocycles. The van der Waals surface area contributed by atoms with Crippen molar-refractivity contribution in [2.45, 2.75) is 6.61 Å². The SMILES string of the molecule is NC(=O)c1ccccc1COC(=O)c1ccc(F)c(N)c1. The molecule has 5 nitrogen and oxygen atoms in total. The molecule has 0 saturated carbocycles. The minimum Gasteiger partial charge on any atom is -0.457 e. The molecule has 4 N–H and O–H groups in total. The van der Waals surface area contributed by atoms with Crippen molar-refractivity contribution < 1.29 is 18.7 Å². The molecule has 6 heteroatoms. The highest BCUT2D eigenvalue weighted by atomic mass is 19.1. The number of hydrogen-bond donors (Lipinski definition) is 2. The number of carbonyl (C=O) groups excluding carboxylic acids is 2. The molecule has 0 saturated heterocycles. The molecular weight excluding hydrogens is 275 g/mol. The summed E-state index contributed by atoms with van der Waals surface area (Å²) in [5.74, 6) is -1.88. The summed E-state index contributed by atoms with van der Waals surface area (Å²) < 4.78 is 18.1. The van der Waals surface area contributed by atoms with Crippen molar-refractivity contribution in [2.24, 2.45) is 5.73 Å². The topological polar surface area (TPSA) is 95.4 Å². The summed E-state index contributed by atoms with van der Waals surface area (Å²) in [5, 5.41) is 0. The zero-order valence-electron chi connectivity index (χ0n) is 11.0. The average molecular weight is 288 g/mol. The number of esters is 1. The minimum atomic E-state index is -0.666. The van der Waals surface area contributed by atoms with Gasteiger partial charge in [-0.05, 0) is 24.3 Å². The molecule has 2 aromatic rings. The van der Waals surface area contributed by atoms with E-state index in [0.717, 1.165) is 6.07 Å². The van der Waals surface area contributed by atoms with E-state index in [0.29, 0.717) is 5.56 Å². The summed E-state index contributed by atoms with van der Waals surface area (Å²) in [6, 6.07) is 10.1. The van der Waals surface area contributed by atoms with Crippen molar-refractivity contribution in [1.29, 1.82) is 0 Å². The summed E-state index contributed by atoms with van der Waals surface area (Å²) in [7, 11) is 0. The number of halogens is 1. The second kappa shape index (κ2) is 6.04. The van der Waals surface area contributed by atoms with E-state index in [9.17, 15) is 14.0 Å². The highest BCUT2D eigenvalue weighted by Gasteiger charge is 2.12. The number of nitrogen functional groups attached to an aromatic ring is 1. The van der Waals surface area contributed by atoms with Gasteiger partial charge in [0.05, 0.1) is 11.3 Å². The lowest BCUT2D eigenvalue weighted by atomic mass is 10.1. The van der Waals surface area contributed by atoms with Gasteiger partial charge in [-0.15, -0.1) is 0 Å². The minimum absolute atomic E-state index is 0.116. The highest BCUT2D eigenvalue weighted by Crippen LogP contribution is 2.15. The third-order valence-electron chi connectivity index (χ3n) is 2.87. The van der Waals surface area contributed by atoms with Crippen molar-refractivity contribution >= 4 is 17.6 Å². The van der Waals surface area contributed by atoms with Gasteiger partial charge in [0.1, 0.15) is 12.4 Å². The lowest BCUT2D eigenvalue weighted by Gasteiger charge is -2.08. The molecule has 0 unspecified atom stereocenters. The van der Waals surface area contributed by atoms with Crippen LogP contribution in [-0.4, -0.2) is 11.9 Å². The fraction of sp³-hybridized carbons (Fsp3) is 0.0667. The van der Waals surface area contributed by atoms with Crippen LogP contribution in [0, 0.1) is 5.82 Å². The Morgan fingerprint density at radius 2 is 1.86 bits per heavy atom. The second-order valence-electron chi connectivity index (χ2n) is 4.33. The maximum atomic E-state index is 13.0. The first-order chi connectivity index (χ1) is 9.99. The van der Waals surface area contributed by atoms with Crippen LogP contribution in [-0.2, 0) is 11.3 Å². The van der Waals surface area contributed by atoms with Gasteiger partial charge in [-0.3, -0.25) is 4.79 Å². The summed E-state index contributed by atoms with van der Waals surface area (Å²) in [6.45, 7) is -0.116. The molecule has 0 aromatic heterocycles. The molecule has 2 rings (SSSR count). The second-order valence-corrected chi connectivity index (χ2v) is 4.33. The summed E-state index contributed by atoms with van der Waals surface area (Å²) in [5.41, 5.74) is 11.4. The first-order valence-electron chi connectivity index (χ1n) is 6.09. The number of anilines is 1. The van der Waals surface area contributed by atoms with Gasteiger partial charge in [0.2, 0.25) is 5.91 Å². The van der Waals surface area contributed by atoms with Gasteiger partial charge in [0.15, 0.2) is 0 Å². The fourth-order valence-electron chi connectivity index (χ4n) is 1.78. The third-order valence-corrected chi connectivity index (χ3v) is 2.87. The molecule has 0 fully saturated rings. The van der Waals surface area contributed by atoms with E-state index >= 15 is 0 Å². The van der Waals surface area contributed by atoms with E-state index in [2.05, 4.69) is 0 Å². The van der Waals surface area contributed by atoms with Gasteiger partial charge in [0.25, 0.3) is 0 Å². The van der Waals surface area contributed by atoms with Gasteiger partial charge in [-0.1, -0.05) is 18.2 Å². The van der Waals surface area contributed by atoms with Crippen LogP contribution in [0.4, 0.5) is 10.1 Å². The molecule has 0 bridgehead atoms. The molecule has 0 aliphatic carbocycles. The van der Waals surface area contributed by atoms with E-state index in [1.165, 1.54) is 12.1 Å².